The van der Waals surface area contributed by atoms with Crippen molar-refractivity contribution in [2.45, 2.75) is 18.4 Å². The highest BCUT2D eigenvalue weighted by Crippen LogP contribution is 2.20. The average Bonchev–Trinajstić information content (AvgIpc) is 2.54. The second kappa shape index (κ2) is 8.60. The zero-order valence-corrected chi connectivity index (χ0v) is 12.9. The SMILES string of the molecule is CCOc1ccc(OCCSc2ccc(CO)cc2)cc1. The highest BCUT2D eigenvalue weighted by molar-refractivity contribution is 7.99. The Kier molecular flexibility index (Phi) is 6.44. The smallest absolute Gasteiger partial charge is 0.119 e. The van der Waals surface area contributed by atoms with Crippen molar-refractivity contribution in [3.63, 3.8) is 0 Å². The number of ether oxygens (including phenoxy) is 2. The molecule has 0 unspecified atom stereocenters. The Morgan fingerprint density at radius 2 is 1.52 bits per heavy atom. The van der Waals surface area contributed by atoms with Crippen LogP contribution in [0.25, 0.3) is 0 Å². The third-order valence-corrected chi connectivity index (χ3v) is 3.84. The van der Waals surface area contributed by atoms with Crippen LogP contribution in [0.15, 0.2) is 53.4 Å². The fourth-order valence-electron chi connectivity index (χ4n) is 1.81. The Hall–Kier alpha value is -1.65. The molecule has 2 aromatic carbocycles. The molecule has 0 aromatic heterocycles. The molecule has 2 rings (SSSR count). The molecule has 0 fully saturated rings. The molecule has 0 aliphatic heterocycles. The maximum Gasteiger partial charge on any atom is 0.119 e. The summed E-state index contributed by atoms with van der Waals surface area (Å²) in [5.41, 5.74) is 0.935. The zero-order valence-electron chi connectivity index (χ0n) is 12.1. The lowest BCUT2D eigenvalue weighted by Gasteiger charge is -2.08. The van der Waals surface area contributed by atoms with E-state index in [0.717, 1.165) is 22.8 Å². The molecule has 0 amide bonds. The molecule has 0 saturated carbocycles. The second-order valence-corrected chi connectivity index (χ2v) is 5.57. The monoisotopic (exact) mass is 304 g/mol. The molecule has 0 bridgehead atoms. The van der Waals surface area contributed by atoms with Gasteiger partial charge >= 0.3 is 0 Å². The fourth-order valence-corrected chi connectivity index (χ4v) is 2.54. The van der Waals surface area contributed by atoms with Gasteiger partial charge in [-0.05, 0) is 48.9 Å². The summed E-state index contributed by atoms with van der Waals surface area (Å²) in [6.07, 6.45) is 0. The van der Waals surface area contributed by atoms with Gasteiger partial charge in [-0.15, -0.1) is 11.8 Å². The van der Waals surface area contributed by atoms with Crippen LogP contribution in [-0.4, -0.2) is 24.1 Å². The van der Waals surface area contributed by atoms with E-state index in [0.29, 0.717) is 13.2 Å². The van der Waals surface area contributed by atoms with E-state index in [9.17, 15) is 0 Å². The lowest BCUT2D eigenvalue weighted by atomic mass is 10.2. The molecular weight excluding hydrogens is 284 g/mol. The van der Waals surface area contributed by atoms with E-state index in [1.54, 1.807) is 11.8 Å². The van der Waals surface area contributed by atoms with Gasteiger partial charge in [-0.25, -0.2) is 0 Å². The van der Waals surface area contributed by atoms with Crippen LogP contribution >= 0.6 is 11.8 Å². The molecule has 0 aliphatic rings. The number of hydrogen-bond donors (Lipinski definition) is 1. The molecule has 0 atom stereocenters. The molecule has 3 nitrogen and oxygen atoms in total. The van der Waals surface area contributed by atoms with Gasteiger partial charge in [-0.2, -0.15) is 0 Å². The number of aliphatic hydroxyl groups is 1. The topological polar surface area (TPSA) is 38.7 Å². The minimum absolute atomic E-state index is 0.0891. The van der Waals surface area contributed by atoms with E-state index in [1.165, 1.54) is 4.90 Å². The van der Waals surface area contributed by atoms with Crippen molar-refractivity contribution < 1.29 is 14.6 Å². The van der Waals surface area contributed by atoms with Crippen molar-refractivity contribution in [1.29, 1.82) is 0 Å². The first kappa shape index (κ1) is 15.7. The molecule has 21 heavy (non-hydrogen) atoms. The highest BCUT2D eigenvalue weighted by atomic mass is 32.2. The summed E-state index contributed by atoms with van der Waals surface area (Å²) in [4.78, 5) is 1.18. The molecule has 4 heteroatoms. The van der Waals surface area contributed by atoms with Gasteiger partial charge < -0.3 is 14.6 Å². The molecule has 0 aliphatic carbocycles. The predicted octanol–water partition coefficient (Wildman–Crippen LogP) is 3.75. The maximum absolute atomic E-state index is 8.99. The van der Waals surface area contributed by atoms with Gasteiger partial charge in [0.05, 0.1) is 19.8 Å². The summed E-state index contributed by atoms with van der Waals surface area (Å²) in [5.74, 6) is 2.60. The van der Waals surface area contributed by atoms with Crippen LogP contribution in [0.3, 0.4) is 0 Å². The molecule has 112 valence electrons. The van der Waals surface area contributed by atoms with Gasteiger partial charge in [0.25, 0.3) is 0 Å². The molecule has 2 aromatic rings. The Labute approximate surface area is 129 Å². The van der Waals surface area contributed by atoms with Crippen LogP contribution < -0.4 is 9.47 Å². The predicted molar refractivity (Wildman–Crippen MR) is 86.2 cm³/mol. The van der Waals surface area contributed by atoms with Crippen LogP contribution in [0.4, 0.5) is 0 Å². The summed E-state index contributed by atoms with van der Waals surface area (Å²) in [7, 11) is 0. The number of thioether (sulfide) groups is 1. The van der Waals surface area contributed by atoms with Crippen molar-refractivity contribution in [1.82, 2.24) is 0 Å². The third-order valence-electron chi connectivity index (χ3n) is 2.86. The van der Waals surface area contributed by atoms with Gasteiger partial charge in [0.1, 0.15) is 11.5 Å². The summed E-state index contributed by atoms with van der Waals surface area (Å²) >= 11 is 1.74. The normalized spacial score (nSPS) is 10.4. The number of hydrogen-bond acceptors (Lipinski definition) is 4. The molecule has 0 saturated heterocycles. The van der Waals surface area contributed by atoms with E-state index < -0.39 is 0 Å². The Bertz CT molecular complexity index is 523. The minimum atomic E-state index is 0.0891. The van der Waals surface area contributed by atoms with Crippen molar-refractivity contribution in [3.05, 3.63) is 54.1 Å². The quantitative estimate of drug-likeness (QED) is 0.595. The average molecular weight is 304 g/mol. The number of rotatable bonds is 8. The van der Waals surface area contributed by atoms with Crippen molar-refractivity contribution in [2.24, 2.45) is 0 Å². The Morgan fingerprint density at radius 3 is 2.10 bits per heavy atom. The van der Waals surface area contributed by atoms with Gasteiger partial charge in [-0.1, -0.05) is 12.1 Å². The van der Waals surface area contributed by atoms with Crippen LogP contribution in [0.5, 0.6) is 11.5 Å². The zero-order chi connectivity index (χ0) is 14.9. The second-order valence-electron chi connectivity index (χ2n) is 4.40. The highest BCUT2D eigenvalue weighted by Gasteiger charge is 1.98. The number of aliphatic hydroxyl groups excluding tert-OH is 1. The lowest BCUT2D eigenvalue weighted by molar-refractivity contribution is 0.282. The fraction of sp³-hybridized carbons (Fsp3) is 0.294. The van der Waals surface area contributed by atoms with Gasteiger partial charge in [0, 0.05) is 10.6 Å². The third kappa shape index (κ3) is 5.33. The van der Waals surface area contributed by atoms with E-state index in [-0.39, 0.29) is 6.61 Å². The Morgan fingerprint density at radius 1 is 0.905 bits per heavy atom. The van der Waals surface area contributed by atoms with Crippen LogP contribution in [0.1, 0.15) is 12.5 Å². The molecule has 0 heterocycles. The molecule has 1 N–H and O–H groups in total. The summed E-state index contributed by atoms with van der Waals surface area (Å²) in [6, 6.07) is 15.6. The van der Waals surface area contributed by atoms with Crippen LogP contribution in [0.2, 0.25) is 0 Å². The van der Waals surface area contributed by atoms with E-state index in [2.05, 4.69) is 0 Å². The lowest BCUT2D eigenvalue weighted by Crippen LogP contribution is -2.00. The number of benzene rings is 2. The summed E-state index contributed by atoms with van der Waals surface area (Å²) < 4.78 is 11.1. The summed E-state index contributed by atoms with van der Waals surface area (Å²) in [5, 5.41) is 8.99. The van der Waals surface area contributed by atoms with Gasteiger partial charge in [0.15, 0.2) is 0 Å². The van der Waals surface area contributed by atoms with E-state index >= 15 is 0 Å². The molecule has 0 spiro atoms. The van der Waals surface area contributed by atoms with Gasteiger partial charge in [-0.3, -0.25) is 0 Å². The first-order chi connectivity index (χ1) is 10.3. The Balaban J connectivity index is 1.71. The van der Waals surface area contributed by atoms with E-state index in [1.807, 2.05) is 55.5 Å². The maximum atomic E-state index is 8.99. The van der Waals surface area contributed by atoms with Crippen LogP contribution in [-0.2, 0) is 6.61 Å². The molecular formula is C17H20O3S. The van der Waals surface area contributed by atoms with Crippen molar-refractivity contribution >= 4 is 11.8 Å². The van der Waals surface area contributed by atoms with E-state index in [4.69, 9.17) is 14.6 Å². The first-order valence-corrected chi connectivity index (χ1v) is 7.98. The largest absolute Gasteiger partial charge is 0.494 e. The van der Waals surface area contributed by atoms with Crippen LogP contribution in [0, 0.1) is 0 Å². The van der Waals surface area contributed by atoms with Crippen molar-refractivity contribution in [2.75, 3.05) is 19.0 Å². The first-order valence-electron chi connectivity index (χ1n) is 7.00. The standard InChI is InChI=1S/C17H20O3S/c1-2-19-15-5-7-16(8-6-15)20-11-12-21-17-9-3-14(13-18)4-10-17/h3-10,18H,2,11-13H2,1H3. The van der Waals surface area contributed by atoms with Crippen molar-refractivity contribution in [3.8, 4) is 11.5 Å². The van der Waals surface area contributed by atoms with Gasteiger partial charge in [0.2, 0.25) is 0 Å². The minimum Gasteiger partial charge on any atom is -0.494 e. The molecule has 0 radical (unpaired) electrons. The summed E-state index contributed by atoms with van der Waals surface area (Å²) in [6.45, 7) is 3.38.